The second kappa shape index (κ2) is 6.53. The van der Waals surface area contributed by atoms with Gasteiger partial charge in [-0.25, -0.2) is 0 Å². The number of carbonyl (C=O) groups excluding carboxylic acids is 1. The number of nitrogens with zero attached hydrogens (tertiary/aromatic N) is 1. The van der Waals surface area contributed by atoms with Crippen molar-refractivity contribution in [1.82, 2.24) is 4.90 Å². The Morgan fingerprint density at radius 2 is 1.82 bits per heavy atom. The van der Waals surface area contributed by atoms with Crippen LogP contribution in [0.25, 0.3) is 0 Å². The standard InChI is InChI=1S/C18H18BrNO2/c1-13(22-17-8-6-16(19)7-9-17)18(21)20-11-10-14-4-2-3-5-15(14)12-20/h2-9,13H,10-12H2,1H3. The molecule has 2 aromatic carbocycles. The van der Waals surface area contributed by atoms with Gasteiger partial charge in [0, 0.05) is 17.6 Å². The molecule has 22 heavy (non-hydrogen) atoms. The van der Waals surface area contributed by atoms with Crippen LogP contribution in [0.15, 0.2) is 53.0 Å². The Hall–Kier alpha value is -1.81. The molecular weight excluding hydrogens is 342 g/mol. The predicted octanol–water partition coefficient (Wildman–Crippen LogP) is 3.80. The second-order valence-electron chi connectivity index (χ2n) is 5.49. The van der Waals surface area contributed by atoms with E-state index in [1.165, 1.54) is 11.1 Å². The van der Waals surface area contributed by atoms with Gasteiger partial charge in [0.25, 0.3) is 5.91 Å². The Kier molecular flexibility index (Phi) is 4.48. The molecule has 4 heteroatoms. The largest absolute Gasteiger partial charge is 0.481 e. The maximum Gasteiger partial charge on any atom is 0.263 e. The number of rotatable bonds is 3. The summed E-state index contributed by atoms with van der Waals surface area (Å²) in [5.74, 6) is 0.749. The molecule has 1 atom stereocenters. The van der Waals surface area contributed by atoms with Crippen LogP contribution in [0.4, 0.5) is 0 Å². The Balaban J connectivity index is 1.65. The SMILES string of the molecule is CC(Oc1ccc(Br)cc1)C(=O)N1CCc2ccccc2C1. The van der Waals surface area contributed by atoms with Crippen LogP contribution >= 0.6 is 15.9 Å². The van der Waals surface area contributed by atoms with Crippen LogP contribution in [0.2, 0.25) is 0 Å². The zero-order valence-corrected chi connectivity index (χ0v) is 14.0. The molecule has 0 aromatic heterocycles. The molecular formula is C18H18BrNO2. The van der Waals surface area contributed by atoms with Gasteiger partial charge in [0.2, 0.25) is 0 Å². The number of fused-ring (bicyclic) bond motifs is 1. The molecule has 0 aliphatic carbocycles. The number of halogens is 1. The lowest BCUT2D eigenvalue weighted by Crippen LogP contribution is -2.43. The van der Waals surface area contributed by atoms with Crippen molar-refractivity contribution in [3.05, 3.63) is 64.1 Å². The summed E-state index contributed by atoms with van der Waals surface area (Å²) < 4.78 is 6.75. The topological polar surface area (TPSA) is 29.5 Å². The van der Waals surface area contributed by atoms with Crippen LogP contribution in [0.1, 0.15) is 18.1 Å². The fourth-order valence-corrected chi connectivity index (χ4v) is 2.97. The first-order valence-corrected chi connectivity index (χ1v) is 8.20. The molecule has 0 bridgehead atoms. The highest BCUT2D eigenvalue weighted by Crippen LogP contribution is 2.21. The van der Waals surface area contributed by atoms with E-state index in [1.807, 2.05) is 42.2 Å². The van der Waals surface area contributed by atoms with Crippen molar-refractivity contribution in [3.8, 4) is 5.75 Å². The number of ether oxygens (including phenoxy) is 1. The first-order chi connectivity index (χ1) is 10.6. The molecule has 0 N–H and O–H groups in total. The van der Waals surface area contributed by atoms with Gasteiger partial charge in [-0.3, -0.25) is 4.79 Å². The Morgan fingerprint density at radius 3 is 2.55 bits per heavy atom. The molecule has 3 rings (SSSR count). The van der Waals surface area contributed by atoms with Gasteiger partial charge in [-0.15, -0.1) is 0 Å². The monoisotopic (exact) mass is 359 g/mol. The smallest absolute Gasteiger partial charge is 0.263 e. The number of carbonyl (C=O) groups is 1. The number of amides is 1. The molecule has 1 amide bonds. The second-order valence-corrected chi connectivity index (χ2v) is 6.41. The Labute approximate surface area is 139 Å². The Morgan fingerprint density at radius 1 is 1.14 bits per heavy atom. The summed E-state index contributed by atoms with van der Waals surface area (Å²) in [7, 11) is 0. The molecule has 114 valence electrons. The van der Waals surface area contributed by atoms with E-state index in [0.29, 0.717) is 12.3 Å². The maximum atomic E-state index is 12.6. The van der Waals surface area contributed by atoms with Gasteiger partial charge in [-0.1, -0.05) is 40.2 Å². The average Bonchev–Trinajstić information content (AvgIpc) is 2.55. The lowest BCUT2D eigenvalue weighted by atomic mass is 9.99. The van der Waals surface area contributed by atoms with E-state index in [4.69, 9.17) is 4.74 Å². The third-order valence-electron chi connectivity index (χ3n) is 3.92. The van der Waals surface area contributed by atoms with Crippen LogP contribution in [-0.4, -0.2) is 23.5 Å². The molecule has 0 saturated heterocycles. The molecule has 0 saturated carbocycles. The predicted molar refractivity (Wildman–Crippen MR) is 89.8 cm³/mol. The van der Waals surface area contributed by atoms with Gasteiger partial charge in [0.1, 0.15) is 5.75 Å². The summed E-state index contributed by atoms with van der Waals surface area (Å²) in [5.41, 5.74) is 2.57. The van der Waals surface area contributed by atoms with Crippen LogP contribution in [-0.2, 0) is 17.8 Å². The quantitative estimate of drug-likeness (QED) is 0.833. The van der Waals surface area contributed by atoms with Gasteiger partial charge in [0.15, 0.2) is 6.10 Å². The van der Waals surface area contributed by atoms with Crippen molar-refractivity contribution < 1.29 is 9.53 Å². The highest BCUT2D eigenvalue weighted by molar-refractivity contribution is 9.10. The fourth-order valence-electron chi connectivity index (χ4n) is 2.71. The zero-order chi connectivity index (χ0) is 15.5. The van der Waals surface area contributed by atoms with E-state index in [2.05, 4.69) is 34.1 Å². The van der Waals surface area contributed by atoms with Crippen molar-refractivity contribution in [2.75, 3.05) is 6.54 Å². The van der Waals surface area contributed by atoms with Crippen LogP contribution < -0.4 is 4.74 Å². The summed E-state index contributed by atoms with van der Waals surface area (Å²) in [5, 5.41) is 0. The minimum atomic E-state index is -0.480. The van der Waals surface area contributed by atoms with Crippen molar-refractivity contribution in [2.24, 2.45) is 0 Å². The maximum absolute atomic E-state index is 12.6. The normalized spacial score (nSPS) is 15.1. The van der Waals surface area contributed by atoms with Crippen molar-refractivity contribution in [1.29, 1.82) is 0 Å². The third-order valence-corrected chi connectivity index (χ3v) is 4.45. The molecule has 1 heterocycles. The third kappa shape index (κ3) is 3.33. The van der Waals surface area contributed by atoms with Crippen LogP contribution in [0, 0.1) is 0 Å². The lowest BCUT2D eigenvalue weighted by molar-refractivity contribution is -0.138. The van der Waals surface area contributed by atoms with E-state index in [-0.39, 0.29) is 5.91 Å². The number of benzene rings is 2. The number of hydrogen-bond donors (Lipinski definition) is 0. The van der Waals surface area contributed by atoms with E-state index in [9.17, 15) is 4.79 Å². The number of hydrogen-bond acceptors (Lipinski definition) is 2. The summed E-state index contributed by atoms with van der Waals surface area (Å²) in [6, 6.07) is 15.8. The van der Waals surface area contributed by atoms with E-state index in [1.54, 1.807) is 0 Å². The van der Waals surface area contributed by atoms with Crippen molar-refractivity contribution >= 4 is 21.8 Å². The molecule has 1 unspecified atom stereocenters. The van der Waals surface area contributed by atoms with Crippen molar-refractivity contribution in [3.63, 3.8) is 0 Å². The van der Waals surface area contributed by atoms with Crippen molar-refractivity contribution in [2.45, 2.75) is 26.0 Å². The Bertz CT molecular complexity index is 669. The summed E-state index contributed by atoms with van der Waals surface area (Å²) >= 11 is 3.39. The van der Waals surface area contributed by atoms with Gasteiger partial charge in [-0.05, 0) is 48.7 Å². The highest BCUT2D eigenvalue weighted by Gasteiger charge is 2.25. The first kappa shape index (κ1) is 15.1. The summed E-state index contributed by atoms with van der Waals surface area (Å²) in [6.07, 6.45) is 0.429. The minimum absolute atomic E-state index is 0.0393. The molecule has 1 aliphatic heterocycles. The highest BCUT2D eigenvalue weighted by atomic mass is 79.9. The van der Waals surface area contributed by atoms with Gasteiger partial charge in [-0.2, -0.15) is 0 Å². The van der Waals surface area contributed by atoms with Crippen LogP contribution in [0.5, 0.6) is 5.75 Å². The fraction of sp³-hybridized carbons (Fsp3) is 0.278. The van der Waals surface area contributed by atoms with Crippen LogP contribution in [0.3, 0.4) is 0 Å². The molecule has 0 fully saturated rings. The van der Waals surface area contributed by atoms with Gasteiger partial charge >= 0.3 is 0 Å². The molecule has 0 spiro atoms. The van der Waals surface area contributed by atoms with E-state index < -0.39 is 6.10 Å². The first-order valence-electron chi connectivity index (χ1n) is 7.41. The average molecular weight is 360 g/mol. The summed E-state index contributed by atoms with van der Waals surface area (Å²) in [4.78, 5) is 14.5. The zero-order valence-electron chi connectivity index (χ0n) is 12.5. The molecule has 0 radical (unpaired) electrons. The minimum Gasteiger partial charge on any atom is -0.481 e. The molecule has 2 aromatic rings. The van der Waals surface area contributed by atoms with Gasteiger partial charge in [0.05, 0.1) is 0 Å². The molecule has 1 aliphatic rings. The van der Waals surface area contributed by atoms with Gasteiger partial charge < -0.3 is 9.64 Å². The van der Waals surface area contributed by atoms with E-state index in [0.717, 1.165) is 17.4 Å². The van der Waals surface area contributed by atoms with E-state index >= 15 is 0 Å². The molecule has 3 nitrogen and oxygen atoms in total. The summed E-state index contributed by atoms with van der Waals surface area (Å²) in [6.45, 7) is 3.23. The lowest BCUT2D eigenvalue weighted by Gasteiger charge is -2.31.